The Morgan fingerprint density at radius 1 is 1.44 bits per heavy atom. The third-order valence-corrected chi connectivity index (χ3v) is 4.23. The summed E-state index contributed by atoms with van der Waals surface area (Å²) in [4.78, 5) is 0. The molecule has 0 saturated carbocycles. The molecule has 2 aromatic rings. The van der Waals surface area contributed by atoms with Crippen molar-refractivity contribution in [1.29, 1.82) is 5.26 Å². The number of hydrogen-bond donors (Lipinski definition) is 1. The molecule has 0 unspecified atom stereocenters. The van der Waals surface area contributed by atoms with Crippen molar-refractivity contribution < 1.29 is 0 Å². The molecule has 1 N–H and O–H groups in total. The number of benzene rings is 1. The molecule has 0 amide bonds. The molecule has 7 heteroatoms. The van der Waals surface area contributed by atoms with Gasteiger partial charge in [-0.25, -0.2) is 0 Å². The molecule has 0 radical (unpaired) electrons. The lowest BCUT2D eigenvalue weighted by molar-refractivity contribution is 1.01. The van der Waals surface area contributed by atoms with E-state index in [-0.39, 0.29) is 5.25 Å². The van der Waals surface area contributed by atoms with Crippen molar-refractivity contribution in [3.05, 3.63) is 29.3 Å². The topological polar surface area (TPSA) is 61.6 Å². The van der Waals surface area contributed by atoms with Crippen LogP contribution in [0.2, 0.25) is 5.02 Å². The predicted molar refractivity (Wildman–Crippen MR) is 75.6 cm³/mol. The Labute approximate surface area is 118 Å². The molecule has 0 saturated heterocycles. The van der Waals surface area contributed by atoms with Crippen molar-refractivity contribution in [3.63, 3.8) is 0 Å². The summed E-state index contributed by atoms with van der Waals surface area (Å²) in [6.45, 7) is 1.83. The summed E-state index contributed by atoms with van der Waals surface area (Å²) in [7, 11) is 0. The Morgan fingerprint density at radius 3 is 2.94 bits per heavy atom. The number of thioether (sulfide) groups is 1. The minimum atomic E-state index is -0.133. The summed E-state index contributed by atoms with van der Waals surface area (Å²) in [5.74, 6) is 0. The van der Waals surface area contributed by atoms with E-state index in [1.54, 1.807) is 6.07 Å². The van der Waals surface area contributed by atoms with Crippen molar-refractivity contribution in [2.24, 2.45) is 0 Å². The first-order valence-corrected chi connectivity index (χ1v) is 7.18. The molecule has 0 aliphatic heterocycles. The number of anilines is 2. The number of para-hydroxylation sites is 1. The van der Waals surface area contributed by atoms with Gasteiger partial charge in [-0.05, 0) is 19.1 Å². The second kappa shape index (κ2) is 6.05. The van der Waals surface area contributed by atoms with Crippen molar-refractivity contribution in [2.75, 3.05) is 5.32 Å². The van der Waals surface area contributed by atoms with Gasteiger partial charge in [0, 0.05) is 0 Å². The van der Waals surface area contributed by atoms with Crippen LogP contribution < -0.4 is 5.32 Å². The minimum absolute atomic E-state index is 0.133. The van der Waals surface area contributed by atoms with Gasteiger partial charge in [0.05, 0.1) is 22.0 Å². The fraction of sp³-hybridized carbons (Fsp3) is 0.182. The summed E-state index contributed by atoms with van der Waals surface area (Å²) in [6.07, 6.45) is 0. The van der Waals surface area contributed by atoms with E-state index in [0.29, 0.717) is 10.2 Å². The Kier molecular flexibility index (Phi) is 4.42. The Bertz CT molecular complexity index is 578. The minimum Gasteiger partial charge on any atom is -0.329 e. The Hall–Kier alpha value is -1.29. The second-order valence-electron chi connectivity index (χ2n) is 3.37. The van der Waals surface area contributed by atoms with Gasteiger partial charge >= 0.3 is 0 Å². The van der Waals surface area contributed by atoms with Gasteiger partial charge in [-0.2, -0.15) is 5.26 Å². The normalized spacial score (nSPS) is 11.8. The number of hydrogen-bond acceptors (Lipinski definition) is 6. The fourth-order valence-electron chi connectivity index (χ4n) is 1.16. The maximum Gasteiger partial charge on any atom is 0.210 e. The Balaban J connectivity index is 2.08. The molecule has 1 atom stereocenters. The highest BCUT2D eigenvalue weighted by atomic mass is 35.5. The van der Waals surface area contributed by atoms with Crippen LogP contribution in [0.1, 0.15) is 6.92 Å². The number of nitriles is 1. The Morgan fingerprint density at radius 2 is 2.22 bits per heavy atom. The van der Waals surface area contributed by atoms with Gasteiger partial charge in [0.15, 0.2) is 4.34 Å². The van der Waals surface area contributed by atoms with Gasteiger partial charge in [0.1, 0.15) is 0 Å². The zero-order valence-corrected chi connectivity index (χ0v) is 11.8. The van der Waals surface area contributed by atoms with Crippen molar-refractivity contribution in [1.82, 2.24) is 10.2 Å². The van der Waals surface area contributed by atoms with Gasteiger partial charge in [-0.3, -0.25) is 0 Å². The zero-order chi connectivity index (χ0) is 13.0. The third-order valence-electron chi connectivity index (χ3n) is 1.98. The fourth-order valence-corrected chi connectivity index (χ4v) is 3.14. The van der Waals surface area contributed by atoms with Crippen LogP contribution in [0.5, 0.6) is 0 Å². The number of nitrogens with zero attached hydrogens (tertiary/aromatic N) is 3. The van der Waals surface area contributed by atoms with Crippen LogP contribution in [0.4, 0.5) is 10.8 Å². The van der Waals surface area contributed by atoms with Crippen LogP contribution in [0.25, 0.3) is 0 Å². The van der Waals surface area contributed by atoms with Gasteiger partial charge in [-0.15, -0.1) is 10.2 Å². The lowest BCUT2D eigenvalue weighted by Gasteiger charge is -2.02. The highest BCUT2D eigenvalue weighted by molar-refractivity contribution is 8.01. The molecule has 0 spiro atoms. The summed E-state index contributed by atoms with van der Waals surface area (Å²) in [5.41, 5.74) is 0.792. The first kappa shape index (κ1) is 13.1. The third kappa shape index (κ3) is 3.35. The average Bonchev–Trinajstić information content (AvgIpc) is 2.79. The molecule has 0 bridgehead atoms. The molecule has 2 rings (SSSR count). The summed E-state index contributed by atoms with van der Waals surface area (Å²) < 4.78 is 0.763. The maximum atomic E-state index is 8.73. The van der Waals surface area contributed by atoms with E-state index >= 15 is 0 Å². The average molecular weight is 297 g/mol. The van der Waals surface area contributed by atoms with E-state index in [9.17, 15) is 0 Å². The van der Waals surface area contributed by atoms with E-state index in [1.807, 2.05) is 25.1 Å². The van der Waals surface area contributed by atoms with Crippen molar-refractivity contribution >= 4 is 45.5 Å². The number of halogens is 1. The summed E-state index contributed by atoms with van der Waals surface area (Å²) >= 11 is 8.82. The molecule has 0 fully saturated rings. The van der Waals surface area contributed by atoms with Gasteiger partial charge in [0.25, 0.3) is 0 Å². The first-order chi connectivity index (χ1) is 8.69. The molecule has 18 heavy (non-hydrogen) atoms. The van der Waals surface area contributed by atoms with E-state index in [4.69, 9.17) is 16.9 Å². The standard InChI is InChI=1S/C11H9ClN4S2/c1-7(6-13)17-11-16-15-10(18-11)14-9-5-3-2-4-8(9)12/h2-5,7H,1H3,(H,14,15)/t7-/m0/s1. The van der Waals surface area contributed by atoms with Gasteiger partial charge < -0.3 is 5.32 Å². The molecular formula is C11H9ClN4S2. The zero-order valence-electron chi connectivity index (χ0n) is 9.42. The number of aromatic nitrogens is 2. The predicted octanol–water partition coefficient (Wildman–Crippen LogP) is 3.94. The monoisotopic (exact) mass is 296 g/mol. The second-order valence-corrected chi connectivity index (χ2v) is 6.34. The van der Waals surface area contributed by atoms with Crippen molar-refractivity contribution in [3.8, 4) is 6.07 Å². The van der Waals surface area contributed by atoms with Gasteiger partial charge in [-0.1, -0.05) is 46.8 Å². The number of rotatable bonds is 4. The van der Waals surface area contributed by atoms with Crippen LogP contribution in [-0.4, -0.2) is 15.4 Å². The molecule has 1 aromatic carbocycles. The molecule has 0 aliphatic carbocycles. The molecule has 92 valence electrons. The quantitative estimate of drug-likeness (QED) is 0.866. The smallest absolute Gasteiger partial charge is 0.210 e. The highest BCUT2D eigenvalue weighted by Crippen LogP contribution is 2.31. The molecule has 0 aliphatic rings. The van der Waals surface area contributed by atoms with E-state index in [1.165, 1.54) is 23.1 Å². The largest absolute Gasteiger partial charge is 0.329 e. The van der Waals surface area contributed by atoms with Crippen LogP contribution in [0, 0.1) is 11.3 Å². The summed E-state index contributed by atoms with van der Waals surface area (Å²) in [6, 6.07) is 9.57. The van der Waals surface area contributed by atoms with Crippen LogP contribution in [-0.2, 0) is 0 Å². The van der Waals surface area contributed by atoms with Gasteiger partial charge in [0.2, 0.25) is 5.13 Å². The SMILES string of the molecule is C[C@@H](C#N)Sc1nnc(Nc2ccccc2Cl)s1. The molecular weight excluding hydrogens is 288 g/mol. The molecule has 1 heterocycles. The maximum absolute atomic E-state index is 8.73. The lowest BCUT2D eigenvalue weighted by atomic mass is 10.3. The summed E-state index contributed by atoms with van der Waals surface area (Å²) in [5, 5.41) is 21.0. The molecule has 1 aromatic heterocycles. The van der Waals surface area contributed by atoms with Crippen LogP contribution in [0.3, 0.4) is 0 Å². The lowest BCUT2D eigenvalue weighted by Crippen LogP contribution is -1.89. The van der Waals surface area contributed by atoms with Crippen LogP contribution >= 0.6 is 34.7 Å². The van der Waals surface area contributed by atoms with Crippen LogP contribution in [0.15, 0.2) is 28.6 Å². The van der Waals surface area contributed by atoms with E-state index < -0.39 is 0 Å². The highest BCUT2D eigenvalue weighted by Gasteiger charge is 2.09. The number of nitrogens with one attached hydrogen (secondary N) is 1. The molecule has 4 nitrogen and oxygen atoms in total. The first-order valence-electron chi connectivity index (χ1n) is 5.10. The van der Waals surface area contributed by atoms with E-state index in [0.717, 1.165) is 10.0 Å². The van der Waals surface area contributed by atoms with E-state index in [2.05, 4.69) is 21.6 Å². The van der Waals surface area contributed by atoms with Crippen molar-refractivity contribution in [2.45, 2.75) is 16.5 Å².